The molecule has 2 heterocycles. The summed E-state index contributed by atoms with van der Waals surface area (Å²) < 4.78 is 9.07. The fraction of sp³-hybridized carbons (Fsp3) is 0. The van der Waals surface area contributed by atoms with E-state index in [0.717, 1.165) is 11.2 Å². The van der Waals surface area contributed by atoms with Crippen LogP contribution < -0.4 is 0 Å². The molecule has 2 aromatic heterocycles. The van der Waals surface area contributed by atoms with Gasteiger partial charge in [0.05, 0.1) is 4.70 Å². The molecular formula is C52H30OS. The van der Waals surface area contributed by atoms with E-state index < -0.39 is 0 Å². The molecule has 0 fully saturated rings. The standard InChI is InChI=1S/C52H30OS/c1-2-11-35-29-37(22-19-31(35)9-1)49-41-15-7-5-13-39(41)48(40-14-6-8-16-42(40)49)34-20-17-32(18-21-34)36-24-28-47-45(30-36)43-25-26-44-50-38-12-4-3-10-33(38)23-27-46(50)53-51(44)52(43)54-47/h1-30H. The zero-order valence-corrected chi connectivity index (χ0v) is 30.0. The molecule has 0 unspecified atom stereocenters. The maximum absolute atomic E-state index is 6.59. The fourth-order valence-corrected chi connectivity index (χ4v) is 10.1. The highest BCUT2D eigenvalue weighted by atomic mass is 32.1. The van der Waals surface area contributed by atoms with Crippen molar-refractivity contribution in [1.82, 2.24) is 0 Å². The van der Waals surface area contributed by atoms with E-state index in [0.29, 0.717) is 0 Å². The maximum atomic E-state index is 6.59. The fourth-order valence-electron chi connectivity index (χ4n) is 8.94. The SMILES string of the molecule is c1ccc2cc(-c3c4ccccc4c(-c4ccc(-c5ccc6sc7c(ccc8c7oc7ccc9ccccc9c78)c6c5)cc4)c4ccccc34)ccc2c1. The molecule has 54 heavy (non-hydrogen) atoms. The summed E-state index contributed by atoms with van der Waals surface area (Å²) in [5, 5.41) is 15.0. The third kappa shape index (κ3) is 4.32. The van der Waals surface area contributed by atoms with Gasteiger partial charge in [0, 0.05) is 26.2 Å². The first-order valence-corrected chi connectivity index (χ1v) is 19.3. The second kappa shape index (κ2) is 11.4. The molecule has 0 aliphatic heterocycles. The minimum atomic E-state index is 0.943. The van der Waals surface area contributed by atoms with Crippen LogP contribution >= 0.6 is 11.3 Å². The Labute approximate surface area is 314 Å². The van der Waals surface area contributed by atoms with Crippen molar-refractivity contribution in [3.63, 3.8) is 0 Å². The third-order valence-electron chi connectivity index (χ3n) is 11.4. The van der Waals surface area contributed by atoms with Crippen molar-refractivity contribution >= 4 is 96.5 Å². The smallest absolute Gasteiger partial charge is 0.153 e. The van der Waals surface area contributed by atoms with E-state index in [4.69, 9.17) is 4.42 Å². The first kappa shape index (κ1) is 29.8. The van der Waals surface area contributed by atoms with Crippen LogP contribution in [0.3, 0.4) is 0 Å². The highest BCUT2D eigenvalue weighted by molar-refractivity contribution is 7.26. The summed E-state index contributed by atoms with van der Waals surface area (Å²) >= 11 is 1.82. The lowest BCUT2D eigenvalue weighted by atomic mass is 9.85. The van der Waals surface area contributed by atoms with Crippen LogP contribution in [-0.4, -0.2) is 0 Å². The molecule has 0 saturated carbocycles. The molecular weight excluding hydrogens is 673 g/mol. The van der Waals surface area contributed by atoms with Gasteiger partial charge in [0.15, 0.2) is 5.58 Å². The molecule has 0 atom stereocenters. The Kier molecular flexibility index (Phi) is 6.28. The van der Waals surface area contributed by atoms with Gasteiger partial charge in [-0.25, -0.2) is 0 Å². The predicted molar refractivity (Wildman–Crippen MR) is 233 cm³/mol. The van der Waals surface area contributed by atoms with Crippen molar-refractivity contribution in [2.75, 3.05) is 0 Å². The minimum absolute atomic E-state index is 0.943. The largest absolute Gasteiger partial charge is 0.455 e. The van der Waals surface area contributed by atoms with Crippen molar-refractivity contribution < 1.29 is 4.42 Å². The maximum Gasteiger partial charge on any atom is 0.153 e. The summed E-state index contributed by atoms with van der Waals surface area (Å²) in [5.74, 6) is 0. The summed E-state index contributed by atoms with van der Waals surface area (Å²) in [4.78, 5) is 0. The molecule has 0 amide bonds. The molecule has 1 nitrogen and oxygen atoms in total. The molecule has 0 bridgehead atoms. The minimum Gasteiger partial charge on any atom is -0.455 e. The zero-order valence-electron chi connectivity index (χ0n) is 29.1. The Hall–Kier alpha value is -6.74. The van der Waals surface area contributed by atoms with Gasteiger partial charge in [0.2, 0.25) is 0 Å². The lowest BCUT2D eigenvalue weighted by Crippen LogP contribution is -1.91. The van der Waals surface area contributed by atoms with Gasteiger partial charge in [0.1, 0.15) is 5.58 Å². The van der Waals surface area contributed by atoms with Crippen LogP contribution in [0.2, 0.25) is 0 Å². The summed E-state index contributed by atoms with van der Waals surface area (Å²) in [6.07, 6.45) is 0. The number of hydrogen-bond donors (Lipinski definition) is 0. The Morgan fingerprint density at radius 3 is 1.63 bits per heavy atom. The van der Waals surface area contributed by atoms with Crippen molar-refractivity contribution in [1.29, 1.82) is 0 Å². The van der Waals surface area contributed by atoms with Gasteiger partial charge in [-0.05, 0) is 107 Å². The molecule has 0 spiro atoms. The third-order valence-corrected chi connectivity index (χ3v) is 12.6. The van der Waals surface area contributed by atoms with Gasteiger partial charge in [0.25, 0.3) is 0 Å². The van der Waals surface area contributed by atoms with E-state index >= 15 is 0 Å². The monoisotopic (exact) mass is 702 g/mol. The van der Waals surface area contributed by atoms with Gasteiger partial charge in [-0.15, -0.1) is 11.3 Å². The van der Waals surface area contributed by atoms with Gasteiger partial charge in [-0.3, -0.25) is 0 Å². The normalized spacial score (nSPS) is 12.1. The van der Waals surface area contributed by atoms with Crippen LogP contribution in [0.1, 0.15) is 0 Å². The van der Waals surface area contributed by atoms with E-state index in [1.807, 2.05) is 11.3 Å². The quantitative estimate of drug-likeness (QED) is 0.167. The van der Waals surface area contributed by atoms with Crippen LogP contribution in [0.4, 0.5) is 0 Å². The molecule has 0 N–H and O–H groups in total. The molecule has 0 saturated heterocycles. The zero-order chi connectivity index (χ0) is 35.3. The Bertz CT molecular complexity index is 3430. The highest BCUT2D eigenvalue weighted by Crippen LogP contribution is 2.46. The van der Waals surface area contributed by atoms with Crippen molar-refractivity contribution in [2.45, 2.75) is 0 Å². The Balaban J connectivity index is 0.987. The van der Waals surface area contributed by atoms with Gasteiger partial charge in [-0.2, -0.15) is 0 Å². The van der Waals surface area contributed by atoms with Crippen molar-refractivity contribution in [3.05, 3.63) is 182 Å². The summed E-state index contributed by atoms with van der Waals surface area (Å²) in [7, 11) is 0. The average Bonchev–Trinajstić information content (AvgIpc) is 3.81. The summed E-state index contributed by atoms with van der Waals surface area (Å²) in [6.45, 7) is 0. The molecule has 250 valence electrons. The van der Waals surface area contributed by atoms with Crippen LogP contribution in [0.25, 0.3) is 119 Å². The number of benzene rings is 10. The van der Waals surface area contributed by atoms with Gasteiger partial charge < -0.3 is 4.42 Å². The van der Waals surface area contributed by atoms with E-state index in [-0.39, 0.29) is 0 Å². The summed E-state index contributed by atoms with van der Waals surface area (Å²) in [6, 6.07) is 66.8. The van der Waals surface area contributed by atoms with E-state index in [2.05, 4.69) is 182 Å². The van der Waals surface area contributed by atoms with Crippen LogP contribution in [0.5, 0.6) is 0 Å². The van der Waals surface area contributed by atoms with Crippen LogP contribution in [0, 0.1) is 0 Å². The van der Waals surface area contributed by atoms with Crippen LogP contribution in [0.15, 0.2) is 186 Å². The van der Waals surface area contributed by atoms with E-state index in [1.54, 1.807) is 0 Å². The second-order valence-electron chi connectivity index (χ2n) is 14.4. The first-order valence-electron chi connectivity index (χ1n) is 18.5. The number of furan rings is 1. The van der Waals surface area contributed by atoms with E-state index in [9.17, 15) is 0 Å². The van der Waals surface area contributed by atoms with Crippen LogP contribution in [-0.2, 0) is 0 Å². The average molecular weight is 703 g/mol. The predicted octanol–water partition coefficient (Wildman–Crippen LogP) is 15.6. The molecule has 12 rings (SSSR count). The highest BCUT2D eigenvalue weighted by Gasteiger charge is 2.19. The molecule has 10 aromatic carbocycles. The Morgan fingerprint density at radius 1 is 0.333 bits per heavy atom. The number of hydrogen-bond acceptors (Lipinski definition) is 2. The lowest BCUT2D eigenvalue weighted by molar-refractivity contribution is 0.673. The number of thiophene rings is 1. The first-order chi connectivity index (χ1) is 26.8. The lowest BCUT2D eigenvalue weighted by Gasteiger charge is -2.18. The van der Waals surface area contributed by atoms with Gasteiger partial charge in [-0.1, -0.05) is 152 Å². The van der Waals surface area contributed by atoms with Crippen molar-refractivity contribution in [3.8, 4) is 33.4 Å². The van der Waals surface area contributed by atoms with Crippen molar-refractivity contribution in [2.24, 2.45) is 0 Å². The molecule has 0 aliphatic rings. The number of rotatable bonds is 3. The number of fused-ring (bicyclic) bond motifs is 12. The topological polar surface area (TPSA) is 13.1 Å². The molecule has 2 heteroatoms. The Morgan fingerprint density at radius 2 is 0.889 bits per heavy atom. The van der Waals surface area contributed by atoms with E-state index in [1.165, 1.54) is 107 Å². The molecule has 12 aromatic rings. The summed E-state index contributed by atoms with van der Waals surface area (Å²) in [5.41, 5.74) is 9.38. The molecule has 0 aliphatic carbocycles. The molecule has 0 radical (unpaired) electrons. The second-order valence-corrected chi connectivity index (χ2v) is 15.4. The van der Waals surface area contributed by atoms with Gasteiger partial charge >= 0.3 is 0 Å².